The molecule has 104 valence electrons. The molecule has 1 aliphatic heterocycles. The molecule has 1 saturated heterocycles. The molecule has 1 aliphatic carbocycles. The van der Waals surface area contributed by atoms with E-state index in [1.54, 1.807) is 0 Å². The quantitative estimate of drug-likeness (QED) is 0.899. The van der Waals surface area contributed by atoms with Gasteiger partial charge in [0.1, 0.15) is 11.6 Å². The molecule has 3 heteroatoms. The number of phenols is 1. The van der Waals surface area contributed by atoms with Crippen LogP contribution in [0.15, 0.2) is 18.2 Å². The average Bonchev–Trinajstić information content (AvgIpc) is 3.03. The Labute approximate surface area is 114 Å². The van der Waals surface area contributed by atoms with Crippen molar-refractivity contribution in [2.75, 3.05) is 6.54 Å². The summed E-state index contributed by atoms with van der Waals surface area (Å²) >= 11 is 0. The molecule has 3 rings (SSSR count). The monoisotopic (exact) mass is 263 g/mol. The molecule has 1 aromatic rings. The van der Waals surface area contributed by atoms with Gasteiger partial charge in [0.2, 0.25) is 0 Å². The van der Waals surface area contributed by atoms with Crippen LogP contribution in [0.3, 0.4) is 0 Å². The minimum absolute atomic E-state index is 0.221. The smallest absolute Gasteiger partial charge is 0.123 e. The minimum Gasteiger partial charge on any atom is -0.508 e. The molecule has 1 atom stereocenters. The van der Waals surface area contributed by atoms with Gasteiger partial charge in [-0.25, -0.2) is 4.39 Å². The highest BCUT2D eigenvalue weighted by Gasteiger charge is 2.33. The summed E-state index contributed by atoms with van der Waals surface area (Å²) in [5, 5.41) is 9.85. The predicted octanol–water partition coefficient (Wildman–Crippen LogP) is 3.69. The summed E-state index contributed by atoms with van der Waals surface area (Å²) in [7, 11) is 0. The SMILES string of the molecule is Oc1ccc(F)cc1CN1CCCC1C1CCCC1. The Morgan fingerprint density at radius 3 is 2.74 bits per heavy atom. The van der Waals surface area contributed by atoms with Crippen LogP contribution in [-0.4, -0.2) is 22.6 Å². The van der Waals surface area contributed by atoms with Crippen molar-refractivity contribution in [2.24, 2.45) is 5.92 Å². The number of rotatable bonds is 3. The lowest BCUT2D eigenvalue weighted by atomic mass is 9.95. The summed E-state index contributed by atoms with van der Waals surface area (Å²) in [6.45, 7) is 1.77. The van der Waals surface area contributed by atoms with Gasteiger partial charge in [0.25, 0.3) is 0 Å². The number of aromatic hydroxyl groups is 1. The van der Waals surface area contributed by atoms with Crippen LogP contribution >= 0.6 is 0 Å². The highest BCUT2D eigenvalue weighted by molar-refractivity contribution is 5.32. The zero-order chi connectivity index (χ0) is 13.2. The van der Waals surface area contributed by atoms with Crippen LogP contribution in [0.5, 0.6) is 5.75 Å². The van der Waals surface area contributed by atoms with Crippen molar-refractivity contribution in [1.82, 2.24) is 4.90 Å². The lowest BCUT2D eigenvalue weighted by Crippen LogP contribution is -2.34. The average molecular weight is 263 g/mol. The first-order valence-electron chi connectivity index (χ1n) is 7.45. The van der Waals surface area contributed by atoms with Gasteiger partial charge in [0.05, 0.1) is 0 Å². The van der Waals surface area contributed by atoms with Crippen LogP contribution in [0.1, 0.15) is 44.1 Å². The minimum atomic E-state index is -0.260. The summed E-state index contributed by atoms with van der Waals surface area (Å²) in [6.07, 6.45) is 7.91. The number of nitrogens with zero attached hydrogens (tertiary/aromatic N) is 1. The van der Waals surface area contributed by atoms with Gasteiger partial charge in [0, 0.05) is 18.2 Å². The largest absolute Gasteiger partial charge is 0.508 e. The summed E-state index contributed by atoms with van der Waals surface area (Å²) < 4.78 is 13.3. The van der Waals surface area contributed by atoms with Crippen LogP contribution in [0.2, 0.25) is 0 Å². The lowest BCUT2D eigenvalue weighted by molar-refractivity contribution is 0.181. The van der Waals surface area contributed by atoms with Crippen molar-refractivity contribution < 1.29 is 9.50 Å². The van der Waals surface area contributed by atoms with Crippen LogP contribution < -0.4 is 0 Å². The van der Waals surface area contributed by atoms with E-state index < -0.39 is 0 Å². The molecular formula is C16H22FNO. The molecule has 0 bridgehead atoms. The first-order valence-corrected chi connectivity index (χ1v) is 7.45. The second-order valence-corrected chi connectivity index (χ2v) is 6.00. The number of hydrogen-bond donors (Lipinski definition) is 1. The third kappa shape index (κ3) is 2.76. The number of phenolic OH excluding ortho intramolecular Hbond substituents is 1. The maximum Gasteiger partial charge on any atom is 0.123 e. The fraction of sp³-hybridized carbons (Fsp3) is 0.625. The third-order valence-electron chi connectivity index (χ3n) is 4.77. The van der Waals surface area contributed by atoms with Crippen molar-refractivity contribution >= 4 is 0 Å². The Balaban J connectivity index is 1.72. The Morgan fingerprint density at radius 1 is 1.16 bits per heavy atom. The Morgan fingerprint density at radius 2 is 1.95 bits per heavy atom. The van der Waals surface area contributed by atoms with E-state index in [0.29, 0.717) is 12.6 Å². The molecule has 19 heavy (non-hydrogen) atoms. The van der Waals surface area contributed by atoms with Crippen LogP contribution in [0.25, 0.3) is 0 Å². The Bertz CT molecular complexity index is 442. The zero-order valence-corrected chi connectivity index (χ0v) is 11.3. The van der Waals surface area contributed by atoms with Gasteiger partial charge in [0.15, 0.2) is 0 Å². The Hall–Kier alpha value is -1.09. The van der Waals surface area contributed by atoms with Crippen molar-refractivity contribution in [3.05, 3.63) is 29.6 Å². The highest BCUT2D eigenvalue weighted by Crippen LogP contribution is 2.36. The number of hydrogen-bond acceptors (Lipinski definition) is 2. The van der Waals surface area contributed by atoms with Gasteiger partial charge in [-0.05, 0) is 56.3 Å². The maximum absolute atomic E-state index is 13.3. The number of halogens is 1. The molecule has 0 radical (unpaired) electrons. The summed E-state index contributed by atoms with van der Waals surface area (Å²) in [6, 6.07) is 4.90. The van der Waals surface area contributed by atoms with Crippen molar-refractivity contribution in [1.29, 1.82) is 0 Å². The van der Waals surface area contributed by atoms with Crippen molar-refractivity contribution in [3.8, 4) is 5.75 Å². The van der Waals surface area contributed by atoms with Crippen molar-refractivity contribution in [2.45, 2.75) is 51.1 Å². The van der Waals surface area contributed by atoms with Gasteiger partial charge in [-0.15, -0.1) is 0 Å². The first-order chi connectivity index (χ1) is 9.24. The maximum atomic E-state index is 13.3. The van der Waals surface area contributed by atoms with E-state index >= 15 is 0 Å². The van der Waals surface area contributed by atoms with Crippen molar-refractivity contribution in [3.63, 3.8) is 0 Å². The van der Waals surface area contributed by atoms with Crippen LogP contribution in [0, 0.1) is 11.7 Å². The van der Waals surface area contributed by atoms with E-state index in [1.165, 1.54) is 56.7 Å². The third-order valence-corrected chi connectivity index (χ3v) is 4.77. The second kappa shape index (κ2) is 5.49. The van der Waals surface area contributed by atoms with Crippen LogP contribution in [0.4, 0.5) is 4.39 Å². The lowest BCUT2D eigenvalue weighted by Gasteiger charge is -2.29. The molecule has 0 spiro atoms. The Kier molecular flexibility index (Phi) is 3.74. The molecular weight excluding hydrogens is 241 g/mol. The highest BCUT2D eigenvalue weighted by atomic mass is 19.1. The van der Waals surface area contributed by atoms with Gasteiger partial charge < -0.3 is 5.11 Å². The normalized spacial score (nSPS) is 25.2. The molecule has 1 N–H and O–H groups in total. The second-order valence-electron chi connectivity index (χ2n) is 6.00. The van der Waals surface area contributed by atoms with Gasteiger partial charge >= 0.3 is 0 Å². The molecule has 1 saturated carbocycles. The van der Waals surface area contributed by atoms with E-state index in [2.05, 4.69) is 4.90 Å². The fourth-order valence-corrected chi connectivity index (χ4v) is 3.82. The number of likely N-dealkylation sites (tertiary alicyclic amines) is 1. The van der Waals surface area contributed by atoms with Gasteiger partial charge in [-0.2, -0.15) is 0 Å². The molecule has 1 unspecified atom stereocenters. The molecule has 1 heterocycles. The fourth-order valence-electron chi connectivity index (χ4n) is 3.82. The van der Waals surface area contributed by atoms with E-state index in [0.717, 1.165) is 18.0 Å². The van der Waals surface area contributed by atoms with E-state index in [4.69, 9.17) is 0 Å². The van der Waals surface area contributed by atoms with Gasteiger partial charge in [-0.3, -0.25) is 4.90 Å². The molecule has 0 aromatic heterocycles. The standard InChI is InChI=1S/C16H22FNO/c17-14-7-8-16(19)13(10-14)11-18-9-3-6-15(18)12-4-1-2-5-12/h7-8,10,12,15,19H,1-6,9,11H2. The van der Waals surface area contributed by atoms with E-state index in [9.17, 15) is 9.50 Å². The molecule has 1 aromatic carbocycles. The first kappa shape index (κ1) is 12.9. The summed E-state index contributed by atoms with van der Waals surface area (Å²) in [4.78, 5) is 2.45. The summed E-state index contributed by atoms with van der Waals surface area (Å²) in [5.74, 6) is 0.779. The predicted molar refractivity (Wildman–Crippen MR) is 73.5 cm³/mol. The molecule has 0 amide bonds. The van der Waals surface area contributed by atoms with Crippen LogP contribution in [-0.2, 0) is 6.54 Å². The topological polar surface area (TPSA) is 23.5 Å². The molecule has 2 nitrogen and oxygen atoms in total. The van der Waals surface area contributed by atoms with E-state index in [-0.39, 0.29) is 11.6 Å². The van der Waals surface area contributed by atoms with Gasteiger partial charge in [-0.1, -0.05) is 12.8 Å². The molecule has 2 aliphatic rings. The summed E-state index contributed by atoms with van der Waals surface area (Å²) in [5.41, 5.74) is 0.727. The number of benzene rings is 1. The van der Waals surface area contributed by atoms with E-state index in [1.807, 2.05) is 0 Å². The molecule has 2 fully saturated rings. The zero-order valence-electron chi connectivity index (χ0n) is 11.3.